The van der Waals surface area contributed by atoms with Gasteiger partial charge in [-0.2, -0.15) is 0 Å². The molecule has 1 fully saturated rings. The number of carbonyl (C=O) groups is 2. The monoisotopic (exact) mass is 289 g/mol. The maximum atomic E-state index is 12.0. The van der Waals surface area contributed by atoms with E-state index in [9.17, 15) is 9.59 Å². The molecule has 1 heterocycles. The Hall–Kier alpha value is -1.88. The highest BCUT2D eigenvalue weighted by Gasteiger charge is 2.22. The van der Waals surface area contributed by atoms with E-state index in [1.807, 2.05) is 18.2 Å². The van der Waals surface area contributed by atoms with Gasteiger partial charge in [0.15, 0.2) is 0 Å². The van der Waals surface area contributed by atoms with Crippen molar-refractivity contribution in [3.05, 3.63) is 35.9 Å². The number of likely N-dealkylation sites (tertiary alicyclic amines) is 1. The molecule has 1 aliphatic heterocycles. The van der Waals surface area contributed by atoms with Crippen LogP contribution in [0, 0.1) is 0 Å². The second kappa shape index (κ2) is 8.42. The number of rotatable bonds is 5. The Kier molecular flexibility index (Phi) is 6.22. The van der Waals surface area contributed by atoms with Gasteiger partial charge in [-0.3, -0.25) is 9.69 Å². The van der Waals surface area contributed by atoms with Gasteiger partial charge in [0.1, 0.15) is 0 Å². The number of imide groups is 1. The quantitative estimate of drug-likeness (QED) is 0.814. The van der Waals surface area contributed by atoms with Crippen molar-refractivity contribution in [2.75, 3.05) is 19.6 Å². The van der Waals surface area contributed by atoms with E-state index in [1.54, 1.807) is 0 Å². The summed E-state index contributed by atoms with van der Waals surface area (Å²) in [5, 5.41) is 6.07. The lowest BCUT2D eigenvalue weighted by molar-refractivity contribution is -0.127. The highest BCUT2D eigenvalue weighted by molar-refractivity contribution is 5.94. The standard InChI is InChI=1S/C16H23N3O2/c20-15-9-5-2-6-12-19(15)16(21)18-11-10-17-13-14-7-3-1-4-8-14/h1,3-4,7-8,17H,2,5-6,9-13H2,(H,18,21). The summed E-state index contributed by atoms with van der Waals surface area (Å²) >= 11 is 0. The Morgan fingerprint density at radius 1 is 1.10 bits per heavy atom. The first kappa shape index (κ1) is 15.5. The van der Waals surface area contributed by atoms with E-state index in [0.29, 0.717) is 26.1 Å². The molecular formula is C16H23N3O2. The molecule has 2 N–H and O–H groups in total. The number of nitrogens with zero attached hydrogens (tertiary/aromatic N) is 1. The molecule has 114 valence electrons. The first-order chi connectivity index (χ1) is 10.3. The molecule has 0 aliphatic carbocycles. The molecule has 3 amide bonds. The molecule has 0 atom stereocenters. The van der Waals surface area contributed by atoms with E-state index in [4.69, 9.17) is 0 Å². The summed E-state index contributed by atoms with van der Waals surface area (Å²) in [6.45, 7) is 2.53. The predicted molar refractivity (Wildman–Crippen MR) is 81.7 cm³/mol. The summed E-state index contributed by atoms with van der Waals surface area (Å²) < 4.78 is 0. The topological polar surface area (TPSA) is 61.4 Å². The van der Waals surface area contributed by atoms with Crippen LogP contribution in [0.15, 0.2) is 30.3 Å². The van der Waals surface area contributed by atoms with Crippen molar-refractivity contribution < 1.29 is 9.59 Å². The number of carbonyl (C=O) groups excluding carboxylic acids is 2. The van der Waals surface area contributed by atoms with Crippen molar-refractivity contribution in [3.63, 3.8) is 0 Å². The van der Waals surface area contributed by atoms with Crippen molar-refractivity contribution in [3.8, 4) is 0 Å². The van der Waals surface area contributed by atoms with Crippen molar-refractivity contribution in [2.45, 2.75) is 32.2 Å². The van der Waals surface area contributed by atoms with Gasteiger partial charge in [-0.1, -0.05) is 36.8 Å². The summed E-state index contributed by atoms with van der Waals surface area (Å²) in [6, 6.07) is 9.85. The largest absolute Gasteiger partial charge is 0.336 e. The van der Waals surface area contributed by atoms with Crippen molar-refractivity contribution in [1.82, 2.24) is 15.5 Å². The number of hydrogen-bond acceptors (Lipinski definition) is 3. The number of nitrogens with one attached hydrogen (secondary N) is 2. The molecule has 0 unspecified atom stereocenters. The van der Waals surface area contributed by atoms with Gasteiger partial charge in [0, 0.05) is 32.6 Å². The molecule has 1 saturated heterocycles. The van der Waals surface area contributed by atoms with Gasteiger partial charge >= 0.3 is 6.03 Å². The Bertz CT molecular complexity index is 462. The second-order valence-corrected chi connectivity index (χ2v) is 5.25. The van der Waals surface area contributed by atoms with Gasteiger partial charge in [0.25, 0.3) is 0 Å². The second-order valence-electron chi connectivity index (χ2n) is 5.25. The number of benzene rings is 1. The third-order valence-electron chi connectivity index (χ3n) is 3.57. The first-order valence-corrected chi connectivity index (χ1v) is 7.60. The van der Waals surface area contributed by atoms with Crippen LogP contribution in [-0.2, 0) is 11.3 Å². The van der Waals surface area contributed by atoms with Gasteiger partial charge < -0.3 is 10.6 Å². The van der Waals surface area contributed by atoms with Crippen molar-refractivity contribution in [1.29, 1.82) is 0 Å². The lowest BCUT2D eigenvalue weighted by Gasteiger charge is -2.19. The summed E-state index contributed by atoms with van der Waals surface area (Å²) in [5.41, 5.74) is 1.21. The zero-order valence-electron chi connectivity index (χ0n) is 12.3. The lowest BCUT2D eigenvalue weighted by atomic mass is 10.2. The van der Waals surface area contributed by atoms with Gasteiger partial charge in [0.2, 0.25) is 5.91 Å². The molecule has 2 rings (SSSR count). The van der Waals surface area contributed by atoms with Crippen LogP contribution in [0.5, 0.6) is 0 Å². The number of amides is 3. The van der Waals surface area contributed by atoms with Crippen LogP contribution in [-0.4, -0.2) is 36.5 Å². The van der Waals surface area contributed by atoms with Crippen LogP contribution in [0.4, 0.5) is 4.79 Å². The highest BCUT2D eigenvalue weighted by Crippen LogP contribution is 2.10. The summed E-state index contributed by atoms with van der Waals surface area (Å²) in [7, 11) is 0. The van der Waals surface area contributed by atoms with E-state index >= 15 is 0 Å². The van der Waals surface area contributed by atoms with Crippen LogP contribution in [0.25, 0.3) is 0 Å². The molecule has 0 radical (unpaired) electrons. The Morgan fingerprint density at radius 3 is 2.71 bits per heavy atom. The van der Waals surface area contributed by atoms with Crippen LogP contribution >= 0.6 is 0 Å². The fourth-order valence-corrected chi connectivity index (χ4v) is 2.38. The molecule has 0 saturated carbocycles. The summed E-state index contributed by atoms with van der Waals surface area (Å²) in [4.78, 5) is 25.1. The molecule has 0 spiro atoms. The van der Waals surface area contributed by atoms with E-state index in [2.05, 4.69) is 22.8 Å². The van der Waals surface area contributed by atoms with Crippen LogP contribution < -0.4 is 10.6 Å². The Labute approximate surface area is 125 Å². The SMILES string of the molecule is O=C1CCCCCN1C(=O)NCCNCc1ccccc1. The first-order valence-electron chi connectivity index (χ1n) is 7.60. The summed E-state index contributed by atoms with van der Waals surface area (Å²) in [5.74, 6) is -0.0535. The Balaban J connectivity index is 1.63. The smallest absolute Gasteiger partial charge is 0.324 e. The van der Waals surface area contributed by atoms with Gasteiger partial charge in [-0.15, -0.1) is 0 Å². The molecular weight excluding hydrogens is 266 g/mol. The predicted octanol–water partition coefficient (Wildman–Crippen LogP) is 1.89. The molecule has 21 heavy (non-hydrogen) atoms. The zero-order valence-corrected chi connectivity index (χ0v) is 12.3. The molecule has 0 bridgehead atoms. The molecule has 1 aromatic rings. The zero-order chi connectivity index (χ0) is 14.9. The maximum Gasteiger partial charge on any atom is 0.324 e. The molecule has 1 aromatic carbocycles. The van der Waals surface area contributed by atoms with Crippen LogP contribution in [0.1, 0.15) is 31.2 Å². The van der Waals surface area contributed by atoms with Gasteiger partial charge in [0.05, 0.1) is 0 Å². The third-order valence-corrected chi connectivity index (χ3v) is 3.57. The fourth-order valence-electron chi connectivity index (χ4n) is 2.38. The average molecular weight is 289 g/mol. The minimum absolute atomic E-state index is 0.0535. The average Bonchev–Trinajstić information content (AvgIpc) is 2.72. The summed E-state index contributed by atoms with van der Waals surface area (Å²) in [6.07, 6.45) is 3.31. The molecule has 1 aliphatic rings. The van der Waals surface area contributed by atoms with Crippen LogP contribution in [0.3, 0.4) is 0 Å². The maximum absolute atomic E-state index is 12.0. The van der Waals surface area contributed by atoms with E-state index in [-0.39, 0.29) is 11.9 Å². The van der Waals surface area contributed by atoms with Gasteiger partial charge in [-0.05, 0) is 18.4 Å². The number of urea groups is 1. The molecule has 5 nitrogen and oxygen atoms in total. The molecule has 5 heteroatoms. The normalized spacial score (nSPS) is 15.6. The third kappa shape index (κ3) is 5.19. The van der Waals surface area contributed by atoms with E-state index < -0.39 is 0 Å². The van der Waals surface area contributed by atoms with Crippen molar-refractivity contribution >= 4 is 11.9 Å². The minimum atomic E-state index is -0.261. The molecule has 0 aromatic heterocycles. The van der Waals surface area contributed by atoms with E-state index in [1.165, 1.54) is 10.5 Å². The highest BCUT2D eigenvalue weighted by atomic mass is 16.2. The Morgan fingerprint density at radius 2 is 1.90 bits per heavy atom. The van der Waals surface area contributed by atoms with Crippen molar-refractivity contribution in [2.24, 2.45) is 0 Å². The lowest BCUT2D eigenvalue weighted by Crippen LogP contribution is -2.45. The van der Waals surface area contributed by atoms with E-state index in [0.717, 1.165) is 25.8 Å². The minimum Gasteiger partial charge on any atom is -0.336 e. The van der Waals surface area contributed by atoms with Crippen LogP contribution in [0.2, 0.25) is 0 Å². The van der Waals surface area contributed by atoms with Gasteiger partial charge in [-0.25, -0.2) is 4.79 Å². The number of hydrogen-bond donors (Lipinski definition) is 2. The fraction of sp³-hybridized carbons (Fsp3) is 0.500.